The van der Waals surface area contributed by atoms with Gasteiger partial charge in [0.05, 0.1) is 18.1 Å². The second-order valence-electron chi connectivity index (χ2n) is 7.04. The quantitative estimate of drug-likeness (QED) is 0.706. The van der Waals surface area contributed by atoms with Crippen LogP contribution in [0.25, 0.3) is 0 Å². The highest BCUT2D eigenvalue weighted by atomic mass is 19.4. The Morgan fingerprint density at radius 3 is 2.00 bits per heavy atom. The molecule has 3 unspecified atom stereocenters. The van der Waals surface area contributed by atoms with Gasteiger partial charge in [-0.2, -0.15) is 13.2 Å². The first-order valence-corrected chi connectivity index (χ1v) is 7.06. The van der Waals surface area contributed by atoms with Crippen LogP contribution < -0.4 is 5.32 Å². The molecule has 20 heavy (non-hydrogen) atoms. The summed E-state index contributed by atoms with van der Waals surface area (Å²) in [6.07, 6.45) is -4.41. The van der Waals surface area contributed by atoms with Crippen molar-refractivity contribution in [2.45, 2.75) is 71.3 Å². The van der Waals surface area contributed by atoms with Gasteiger partial charge in [0.1, 0.15) is 0 Å². The highest BCUT2D eigenvalue weighted by Gasteiger charge is 2.66. The smallest absolute Gasteiger partial charge is 0.395 e. The van der Waals surface area contributed by atoms with Gasteiger partial charge in [-0.1, -0.05) is 20.8 Å². The first-order valence-electron chi connectivity index (χ1n) is 7.06. The third kappa shape index (κ3) is 3.86. The SMILES string of the molecule is CC(NC(CO)CC(O)C(C)(C)C)C1(C(F)(F)F)CC1. The lowest BCUT2D eigenvalue weighted by Crippen LogP contribution is -2.50. The predicted molar refractivity (Wildman–Crippen MR) is 71.3 cm³/mol. The number of halogens is 3. The maximum Gasteiger partial charge on any atom is 0.395 e. The molecule has 0 aromatic heterocycles. The van der Waals surface area contributed by atoms with E-state index in [9.17, 15) is 23.4 Å². The molecule has 6 heteroatoms. The molecule has 1 aliphatic carbocycles. The van der Waals surface area contributed by atoms with Gasteiger partial charge in [0.25, 0.3) is 0 Å². The third-order valence-electron chi connectivity index (χ3n) is 4.40. The molecule has 3 N–H and O–H groups in total. The fourth-order valence-electron chi connectivity index (χ4n) is 2.43. The van der Waals surface area contributed by atoms with Crippen LogP contribution in [0.5, 0.6) is 0 Å². The summed E-state index contributed by atoms with van der Waals surface area (Å²) in [6.45, 7) is 6.78. The zero-order valence-electron chi connectivity index (χ0n) is 12.6. The summed E-state index contributed by atoms with van der Waals surface area (Å²) >= 11 is 0. The molecule has 1 saturated carbocycles. The number of hydrogen-bond donors (Lipinski definition) is 3. The zero-order chi connectivity index (χ0) is 15.8. The molecular formula is C14H26F3NO2. The van der Waals surface area contributed by atoms with Gasteiger partial charge in [-0.3, -0.25) is 0 Å². The fraction of sp³-hybridized carbons (Fsp3) is 1.00. The maximum atomic E-state index is 13.0. The summed E-state index contributed by atoms with van der Waals surface area (Å²) < 4.78 is 39.0. The summed E-state index contributed by atoms with van der Waals surface area (Å²) in [6, 6.07) is -1.29. The Morgan fingerprint density at radius 2 is 1.70 bits per heavy atom. The van der Waals surface area contributed by atoms with E-state index in [2.05, 4.69) is 5.32 Å². The van der Waals surface area contributed by atoms with E-state index in [-0.39, 0.29) is 31.3 Å². The molecule has 120 valence electrons. The van der Waals surface area contributed by atoms with E-state index in [1.807, 2.05) is 20.8 Å². The molecule has 1 rings (SSSR count). The Morgan fingerprint density at radius 1 is 1.20 bits per heavy atom. The van der Waals surface area contributed by atoms with E-state index in [4.69, 9.17) is 0 Å². The van der Waals surface area contributed by atoms with E-state index in [1.54, 1.807) is 0 Å². The number of nitrogens with one attached hydrogen (secondary N) is 1. The molecule has 0 spiro atoms. The monoisotopic (exact) mass is 297 g/mol. The van der Waals surface area contributed by atoms with Crippen molar-refractivity contribution in [1.29, 1.82) is 0 Å². The van der Waals surface area contributed by atoms with E-state index >= 15 is 0 Å². The molecular weight excluding hydrogens is 271 g/mol. The van der Waals surface area contributed by atoms with E-state index < -0.39 is 29.8 Å². The van der Waals surface area contributed by atoms with Crippen molar-refractivity contribution in [1.82, 2.24) is 5.32 Å². The van der Waals surface area contributed by atoms with Crippen molar-refractivity contribution in [2.24, 2.45) is 10.8 Å². The average Bonchev–Trinajstić information content (AvgIpc) is 3.06. The molecule has 0 saturated heterocycles. The van der Waals surface area contributed by atoms with Crippen LogP contribution in [-0.4, -0.2) is 41.2 Å². The van der Waals surface area contributed by atoms with Gasteiger partial charge in [-0.25, -0.2) is 0 Å². The molecule has 1 aliphatic rings. The van der Waals surface area contributed by atoms with Crippen LogP contribution in [0.1, 0.15) is 47.0 Å². The van der Waals surface area contributed by atoms with Crippen LogP contribution in [0.15, 0.2) is 0 Å². The Hall–Kier alpha value is -0.330. The van der Waals surface area contributed by atoms with Crippen LogP contribution in [0, 0.1) is 10.8 Å². The van der Waals surface area contributed by atoms with Crippen molar-refractivity contribution in [3.63, 3.8) is 0 Å². The Kier molecular flexibility index (Phi) is 5.15. The Bertz CT molecular complexity index is 321. The van der Waals surface area contributed by atoms with Gasteiger partial charge in [-0.05, 0) is 31.6 Å². The van der Waals surface area contributed by atoms with Gasteiger partial charge in [-0.15, -0.1) is 0 Å². The summed E-state index contributed by atoms with van der Waals surface area (Å²) in [4.78, 5) is 0. The minimum Gasteiger partial charge on any atom is -0.395 e. The number of aliphatic hydroxyl groups is 2. The lowest BCUT2D eigenvalue weighted by atomic mass is 9.85. The summed E-state index contributed by atoms with van der Waals surface area (Å²) in [7, 11) is 0. The van der Waals surface area contributed by atoms with Crippen molar-refractivity contribution >= 4 is 0 Å². The first-order chi connectivity index (χ1) is 8.94. The molecule has 3 nitrogen and oxygen atoms in total. The second kappa shape index (κ2) is 5.81. The minimum absolute atomic E-state index is 0.130. The zero-order valence-corrected chi connectivity index (χ0v) is 12.6. The molecule has 1 fully saturated rings. The summed E-state index contributed by atoms with van der Waals surface area (Å²) in [5.41, 5.74) is -2.02. The molecule has 0 bridgehead atoms. The number of alkyl halides is 3. The predicted octanol–water partition coefficient (Wildman–Crippen LogP) is 2.46. The number of rotatable bonds is 6. The molecule has 0 aliphatic heterocycles. The summed E-state index contributed by atoms with van der Waals surface area (Å²) in [5.74, 6) is 0. The van der Waals surface area contributed by atoms with Gasteiger partial charge in [0.15, 0.2) is 0 Å². The van der Waals surface area contributed by atoms with Crippen molar-refractivity contribution < 1.29 is 23.4 Å². The van der Waals surface area contributed by atoms with Crippen LogP contribution in [0.3, 0.4) is 0 Å². The Labute approximate surface area is 118 Å². The van der Waals surface area contributed by atoms with Crippen molar-refractivity contribution in [3.8, 4) is 0 Å². The van der Waals surface area contributed by atoms with Gasteiger partial charge in [0, 0.05) is 12.1 Å². The van der Waals surface area contributed by atoms with Crippen LogP contribution in [-0.2, 0) is 0 Å². The topological polar surface area (TPSA) is 52.5 Å². The first kappa shape index (κ1) is 17.7. The van der Waals surface area contributed by atoms with Crippen molar-refractivity contribution in [2.75, 3.05) is 6.61 Å². The van der Waals surface area contributed by atoms with Gasteiger partial charge >= 0.3 is 6.18 Å². The van der Waals surface area contributed by atoms with Crippen LogP contribution in [0.4, 0.5) is 13.2 Å². The minimum atomic E-state index is -4.22. The van der Waals surface area contributed by atoms with Gasteiger partial charge in [0.2, 0.25) is 0 Å². The normalized spacial score (nSPS) is 23.2. The second-order valence-corrected chi connectivity index (χ2v) is 7.04. The molecule has 0 radical (unpaired) electrons. The van der Waals surface area contributed by atoms with E-state index in [0.717, 1.165) is 0 Å². The van der Waals surface area contributed by atoms with Crippen molar-refractivity contribution in [3.05, 3.63) is 0 Å². The highest BCUT2D eigenvalue weighted by Crippen LogP contribution is 2.59. The third-order valence-corrected chi connectivity index (χ3v) is 4.40. The van der Waals surface area contributed by atoms with E-state index in [1.165, 1.54) is 6.92 Å². The molecule has 0 heterocycles. The number of aliphatic hydroxyl groups excluding tert-OH is 2. The Balaban J connectivity index is 2.61. The fourth-order valence-corrected chi connectivity index (χ4v) is 2.43. The average molecular weight is 297 g/mol. The largest absolute Gasteiger partial charge is 0.395 e. The van der Waals surface area contributed by atoms with Crippen LogP contribution in [0.2, 0.25) is 0 Å². The molecule has 0 amide bonds. The van der Waals surface area contributed by atoms with E-state index in [0.29, 0.717) is 0 Å². The molecule has 3 atom stereocenters. The standard InChI is InChI=1S/C14H26F3NO2/c1-9(13(5-6-13)14(15,16)17)18-10(8-19)7-11(20)12(2,3)4/h9-11,18-20H,5-8H2,1-4H3. The van der Waals surface area contributed by atoms with Gasteiger partial charge < -0.3 is 15.5 Å². The highest BCUT2D eigenvalue weighted by molar-refractivity contribution is 5.06. The number of hydrogen-bond acceptors (Lipinski definition) is 3. The maximum absolute atomic E-state index is 13.0. The lowest BCUT2D eigenvalue weighted by Gasteiger charge is -2.33. The lowest BCUT2D eigenvalue weighted by molar-refractivity contribution is -0.195. The van der Waals surface area contributed by atoms with Crippen LogP contribution >= 0.6 is 0 Å². The summed E-state index contributed by atoms with van der Waals surface area (Å²) in [5, 5.41) is 22.2. The molecule has 0 aromatic carbocycles. The molecule has 0 aromatic rings.